The number of aromatic nitrogens is 2. The topological polar surface area (TPSA) is 128 Å². The summed E-state index contributed by atoms with van der Waals surface area (Å²) >= 11 is 1.50. The van der Waals surface area contributed by atoms with Crippen LogP contribution >= 0.6 is 11.8 Å². The van der Waals surface area contributed by atoms with Gasteiger partial charge in [0.1, 0.15) is 0 Å². The molecule has 0 bridgehead atoms. The van der Waals surface area contributed by atoms with Gasteiger partial charge in [-0.05, 0) is 29.8 Å². The number of anilines is 1. The molecule has 6 rings (SSSR count). The van der Waals surface area contributed by atoms with Crippen LogP contribution in [0.25, 0.3) is 33.2 Å². The van der Waals surface area contributed by atoms with Gasteiger partial charge in [-0.3, -0.25) is 9.69 Å². The Labute approximate surface area is 218 Å². The molecule has 1 amide bonds. The monoisotopic (exact) mass is 519 g/mol. The summed E-state index contributed by atoms with van der Waals surface area (Å²) in [5, 5.41) is 21.8. The fraction of sp³-hybridized carbons (Fsp3) is 0.333. The first kappa shape index (κ1) is 24.2. The van der Waals surface area contributed by atoms with E-state index in [2.05, 4.69) is 22.0 Å². The summed E-state index contributed by atoms with van der Waals surface area (Å²) in [4.78, 5) is 24.6. The average Bonchev–Trinajstić information content (AvgIpc) is 3.26. The number of H-pyrrole nitrogens is 1. The number of carbonyl (C=O) groups is 1. The van der Waals surface area contributed by atoms with E-state index in [1.807, 2.05) is 30.3 Å². The molecule has 2 aliphatic heterocycles. The molecule has 2 saturated heterocycles. The minimum atomic E-state index is -1.92. The molecule has 2 aliphatic rings. The Bertz CT molecular complexity index is 1460. The molecule has 0 radical (unpaired) electrons. The van der Waals surface area contributed by atoms with Gasteiger partial charge in [0.05, 0.1) is 46.8 Å². The van der Waals surface area contributed by atoms with E-state index in [0.29, 0.717) is 34.5 Å². The molecule has 2 aromatic heterocycles. The molecule has 192 valence electrons. The molecular formula is C27H29N5O4S. The number of pyridine rings is 1. The maximum Gasteiger partial charge on any atom is 0.256 e. The second-order valence-corrected chi connectivity index (χ2v) is 10.7. The minimum absolute atomic E-state index is 0.208. The maximum atomic E-state index is 12.4. The number of amides is 1. The molecule has 0 spiro atoms. The SMILES string of the molecule is NC(=O)c1cc(-c2ccc(CN3CCOCC3)cc2)nc2c1[nH]c1cc(N3CCSCC3(O)O)ccc12. The molecule has 0 saturated carbocycles. The van der Waals surface area contributed by atoms with Crippen LogP contribution in [-0.2, 0) is 11.3 Å². The predicted octanol–water partition coefficient (Wildman–Crippen LogP) is 2.51. The largest absolute Gasteiger partial charge is 0.379 e. The van der Waals surface area contributed by atoms with Crippen LogP contribution in [0.3, 0.4) is 0 Å². The van der Waals surface area contributed by atoms with Gasteiger partial charge < -0.3 is 30.6 Å². The lowest BCUT2D eigenvalue weighted by molar-refractivity contribution is -0.141. The third-order valence-electron chi connectivity index (χ3n) is 7.06. The van der Waals surface area contributed by atoms with Gasteiger partial charge in [0.2, 0.25) is 0 Å². The molecule has 5 N–H and O–H groups in total. The summed E-state index contributed by atoms with van der Waals surface area (Å²) in [5.74, 6) is -1.45. The Morgan fingerprint density at radius 2 is 1.89 bits per heavy atom. The third kappa shape index (κ3) is 4.67. The summed E-state index contributed by atoms with van der Waals surface area (Å²) in [5.41, 5.74) is 11.6. The molecule has 37 heavy (non-hydrogen) atoms. The number of nitrogens with one attached hydrogen (secondary N) is 1. The van der Waals surface area contributed by atoms with Crippen LogP contribution in [0, 0.1) is 0 Å². The molecule has 9 nitrogen and oxygen atoms in total. The second-order valence-electron chi connectivity index (χ2n) is 9.56. The smallest absolute Gasteiger partial charge is 0.256 e. The highest BCUT2D eigenvalue weighted by atomic mass is 32.2. The Balaban J connectivity index is 1.37. The van der Waals surface area contributed by atoms with Crippen molar-refractivity contribution in [3.8, 4) is 11.3 Å². The van der Waals surface area contributed by atoms with Gasteiger partial charge in [-0.2, -0.15) is 11.8 Å². The summed E-state index contributed by atoms with van der Waals surface area (Å²) in [6, 6.07) is 15.6. The van der Waals surface area contributed by atoms with Gasteiger partial charge in [0.15, 0.2) is 0 Å². The number of primary amides is 1. The third-order valence-corrected chi connectivity index (χ3v) is 8.12. The van der Waals surface area contributed by atoms with Gasteiger partial charge in [-0.15, -0.1) is 0 Å². The summed E-state index contributed by atoms with van der Waals surface area (Å²) in [7, 11) is 0. The highest BCUT2D eigenvalue weighted by molar-refractivity contribution is 7.99. The van der Waals surface area contributed by atoms with E-state index in [0.717, 1.165) is 55.1 Å². The molecule has 4 aromatic rings. The Hall–Kier alpha value is -3.15. The van der Waals surface area contributed by atoms with Crippen molar-refractivity contribution in [2.75, 3.05) is 49.3 Å². The van der Waals surface area contributed by atoms with Crippen LogP contribution in [0.2, 0.25) is 0 Å². The lowest BCUT2D eigenvalue weighted by Crippen LogP contribution is -2.54. The van der Waals surface area contributed by atoms with Crippen LogP contribution in [-0.4, -0.2) is 81.3 Å². The number of thioether (sulfide) groups is 1. The van der Waals surface area contributed by atoms with Crippen LogP contribution < -0.4 is 10.6 Å². The van der Waals surface area contributed by atoms with E-state index >= 15 is 0 Å². The van der Waals surface area contributed by atoms with Crippen molar-refractivity contribution in [2.24, 2.45) is 5.73 Å². The first-order chi connectivity index (χ1) is 17.9. The highest BCUT2D eigenvalue weighted by Crippen LogP contribution is 2.35. The number of hydrogen-bond acceptors (Lipinski definition) is 8. The predicted molar refractivity (Wildman–Crippen MR) is 145 cm³/mol. The summed E-state index contributed by atoms with van der Waals surface area (Å²) in [6.07, 6.45) is 0. The fourth-order valence-electron chi connectivity index (χ4n) is 5.11. The highest BCUT2D eigenvalue weighted by Gasteiger charge is 2.35. The van der Waals surface area contributed by atoms with Gasteiger partial charge in [0.25, 0.3) is 11.8 Å². The molecule has 10 heteroatoms. The van der Waals surface area contributed by atoms with Crippen molar-refractivity contribution in [3.05, 3.63) is 59.7 Å². The van der Waals surface area contributed by atoms with Gasteiger partial charge in [-0.1, -0.05) is 24.3 Å². The van der Waals surface area contributed by atoms with Crippen molar-refractivity contribution in [1.29, 1.82) is 0 Å². The van der Waals surface area contributed by atoms with Crippen molar-refractivity contribution in [2.45, 2.75) is 12.5 Å². The first-order valence-corrected chi connectivity index (χ1v) is 13.5. The van der Waals surface area contributed by atoms with E-state index in [4.69, 9.17) is 15.5 Å². The number of carbonyl (C=O) groups excluding carboxylic acids is 1. The maximum absolute atomic E-state index is 12.4. The van der Waals surface area contributed by atoms with Crippen molar-refractivity contribution < 1.29 is 19.7 Å². The summed E-state index contributed by atoms with van der Waals surface area (Å²) < 4.78 is 5.43. The molecular weight excluding hydrogens is 490 g/mol. The standard InChI is InChI=1S/C27H29N5O4S/c28-26(33)21-14-22(18-3-1-17(2-4-18)15-31-7-10-36-11-8-31)29-24-20-6-5-19(13-23(20)30-25(21)24)32-9-12-37-16-27(32,34)35/h1-6,13-14,30,34-35H,7-12,15-16H2,(H2,28,33). The molecule has 0 atom stereocenters. The number of nitrogens with zero attached hydrogens (tertiary/aromatic N) is 3. The fourth-order valence-corrected chi connectivity index (χ4v) is 6.00. The average molecular weight is 520 g/mol. The summed E-state index contributed by atoms with van der Waals surface area (Å²) in [6.45, 7) is 4.77. The Morgan fingerprint density at radius 1 is 1.11 bits per heavy atom. The number of aromatic amines is 1. The number of ether oxygens (including phenoxy) is 1. The molecule has 2 fully saturated rings. The lowest BCUT2D eigenvalue weighted by Gasteiger charge is -2.40. The zero-order chi connectivity index (χ0) is 25.6. The molecule has 4 heterocycles. The van der Waals surface area contributed by atoms with Crippen molar-refractivity contribution in [1.82, 2.24) is 14.9 Å². The minimum Gasteiger partial charge on any atom is -0.379 e. The first-order valence-electron chi connectivity index (χ1n) is 12.3. The van der Waals surface area contributed by atoms with Crippen molar-refractivity contribution >= 4 is 45.3 Å². The quantitative estimate of drug-likeness (QED) is 0.296. The number of hydrogen-bond donors (Lipinski definition) is 4. The van der Waals surface area contributed by atoms with Crippen LogP contribution in [0.5, 0.6) is 0 Å². The molecule has 0 unspecified atom stereocenters. The van der Waals surface area contributed by atoms with Crippen LogP contribution in [0.15, 0.2) is 48.5 Å². The molecule has 0 aliphatic carbocycles. The number of fused-ring (bicyclic) bond motifs is 3. The van der Waals surface area contributed by atoms with Gasteiger partial charge in [-0.25, -0.2) is 4.98 Å². The van der Waals surface area contributed by atoms with E-state index in [1.54, 1.807) is 11.0 Å². The molecule has 2 aromatic carbocycles. The van der Waals surface area contributed by atoms with Gasteiger partial charge in [0, 0.05) is 48.6 Å². The number of morpholine rings is 1. The van der Waals surface area contributed by atoms with E-state index < -0.39 is 11.8 Å². The zero-order valence-electron chi connectivity index (χ0n) is 20.3. The number of nitrogens with two attached hydrogens (primary N) is 1. The lowest BCUT2D eigenvalue weighted by atomic mass is 10.0. The van der Waals surface area contributed by atoms with Crippen LogP contribution in [0.1, 0.15) is 15.9 Å². The van der Waals surface area contributed by atoms with Crippen molar-refractivity contribution in [3.63, 3.8) is 0 Å². The van der Waals surface area contributed by atoms with Crippen LogP contribution in [0.4, 0.5) is 5.69 Å². The number of rotatable bonds is 5. The van der Waals surface area contributed by atoms with Gasteiger partial charge >= 0.3 is 0 Å². The Kier molecular flexibility index (Phi) is 6.29. The van der Waals surface area contributed by atoms with E-state index in [9.17, 15) is 15.0 Å². The normalized spacial score (nSPS) is 18.5. The number of aliphatic hydroxyl groups is 2. The number of benzene rings is 2. The van der Waals surface area contributed by atoms with E-state index in [1.165, 1.54) is 17.3 Å². The Morgan fingerprint density at radius 3 is 2.62 bits per heavy atom. The second kappa shape index (κ2) is 9.62. The van der Waals surface area contributed by atoms with E-state index in [-0.39, 0.29) is 5.75 Å². The zero-order valence-corrected chi connectivity index (χ0v) is 21.1.